The normalized spacial score (nSPS) is 11.5. The summed E-state index contributed by atoms with van der Waals surface area (Å²) in [6.07, 6.45) is 13.7. The molecule has 2 aromatic carbocycles. The van der Waals surface area contributed by atoms with Crippen LogP contribution in [0, 0.1) is 0 Å². The Bertz CT molecular complexity index is 1320. The maximum Gasteiger partial charge on any atom is 0.268 e. The molecule has 220 valence electrons. The number of benzene rings is 2. The SMILES string of the molecule is CCCCCCCCCCN(CCNc1cc[n+](O)c2cc(Cl)ccc12)CCNc1cc[n+](O)c2cc(Cl)ccc12. The van der Waals surface area contributed by atoms with Crippen LogP contribution in [0.4, 0.5) is 11.4 Å². The molecule has 4 N–H and O–H groups in total. The summed E-state index contributed by atoms with van der Waals surface area (Å²) in [5, 5.41) is 30.6. The molecule has 2 heterocycles. The largest absolute Gasteiger partial charge is 0.383 e. The lowest BCUT2D eigenvalue weighted by Gasteiger charge is -2.23. The molecule has 0 bridgehead atoms. The number of rotatable bonds is 17. The van der Waals surface area contributed by atoms with Crippen molar-refractivity contribution in [3.05, 3.63) is 71.0 Å². The van der Waals surface area contributed by atoms with Gasteiger partial charge in [0.25, 0.3) is 11.0 Å². The third-order valence-corrected chi connectivity index (χ3v) is 8.04. The van der Waals surface area contributed by atoms with Crippen LogP contribution < -0.4 is 20.1 Å². The minimum Gasteiger partial charge on any atom is -0.383 e. The molecule has 0 fully saturated rings. The van der Waals surface area contributed by atoms with Crippen LogP contribution in [0.2, 0.25) is 10.0 Å². The predicted molar refractivity (Wildman–Crippen MR) is 169 cm³/mol. The van der Waals surface area contributed by atoms with E-state index in [0.717, 1.165) is 64.3 Å². The minimum atomic E-state index is 0.588. The van der Waals surface area contributed by atoms with Gasteiger partial charge in [0.05, 0.1) is 22.1 Å². The van der Waals surface area contributed by atoms with Crippen LogP contribution in [0.1, 0.15) is 58.3 Å². The molecule has 0 unspecified atom stereocenters. The fourth-order valence-electron chi connectivity index (χ4n) is 5.29. The maximum absolute atomic E-state index is 10.2. The topological polar surface area (TPSA) is 75.5 Å². The van der Waals surface area contributed by atoms with Gasteiger partial charge in [-0.15, -0.1) is 0 Å². The number of unbranched alkanes of at least 4 members (excludes halogenated alkanes) is 7. The summed E-state index contributed by atoms with van der Waals surface area (Å²) in [5.41, 5.74) is 3.28. The van der Waals surface area contributed by atoms with Gasteiger partial charge >= 0.3 is 0 Å². The van der Waals surface area contributed by atoms with Gasteiger partial charge in [-0.3, -0.25) is 15.3 Å². The van der Waals surface area contributed by atoms with Crippen molar-refractivity contribution < 1.29 is 19.9 Å². The van der Waals surface area contributed by atoms with Gasteiger partial charge in [-0.2, -0.15) is 0 Å². The first kappa shape index (κ1) is 30.9. The van der Waals surface area contributed by atoms with Crippen LogP contribution in [-0.4, -0.2) is 48.0 Å². The van der Waals surface area contributed by atoms with Gasteiger partial charge in [0.2, 0.25) is 12.4 Å². The van der Waals surface area contributed by atoms with E-state index in [1.54, 1.807) is 24.5 Å². The fourth-order valence-corrected chi connectivity index (χ4v) is 5.62. The van der Waals surface area contributed by atoms with E-state index < -0.39 is 0 Å². The van der Waals surface area contributed by atoms with Gasteiger partial charge in [0, 0.05) is 70.0 Å². The van der Waals surface area contributed by atoms with E-state index in [-0.39, 0.29) is 0 Å². The van der Waals surface area contributed by atoms with Gasteiger partial charge in [-0.05, 0) is 37.2 Å². The van der Waals surface area contributed by atoms with Crippen molar-refractivity contribution in [2.75, 3.05) is 43.4 Å². The Hall–Kier alpha value is -3.00. The van der Waals surface area contributed by atoms with E-state index in [1.807, 2.05) is 36.4 Å². The second kappa shape index (κ2) is 15.9. The first-order valence-corrected chi connectivity index (χ1v) is 15.6. The standard InChI is InChI=1S/C32H41Cl2N5O2/c1-2-3-4-5-6-7-8-9-18-37(21-16-35-29-14-19-38(40)31-23-25(33)10-12-27(29)31)22-17-36-30-15-20-39(41)32-24-26(34)11-13-28(30)32/h10-15,19-20,23-24,40-41H,2-9,16-18,21-22H2,1H3/p+2. The van der Waals surface area contributed by atoms with Crippen molar-refractivity contribution >= 4 is 56.4 Å². The highest BCUT2D eigenvalue weighted by atomic mass is 35.5. The smallest absolute Gasteiger partial charge is 0.268 e. The van der Waals surface area contributed by atoms with Crippen LogP contribution in [0.3, 0.4) is 0 Å². The third-order valence-electron chi connectivity index (χ3n) is 7.57. The Morgan fingerprint density at radius 1 is 0.634 bits per heavy atom. The molecule has 2 aromatic heterocycles. The highest BCUT2D eigenvalue weighted by Gasteiger charge is 2.15. The zero-order valence-corrected chi connectivity index (χ0v) is 25.5. The van der Waals surface area contributed by atoms with Crippen LogP contribution in [-0.2, 0) is 0 Å². The number of hydrogen-bond acceptors (Lipinski definition) is 5. The molecule has 0 saturated carbocycles. The van der Waals surface area contributed by atoms with Crippen molar-refractivity contribution in [2.24, 2.45) is 0 Å². The molecule has 0 aliphatic rings. The van der Waals surface area contributed by atoms with Crippen molar-refractivity contribution in [3.63, 3.8) is 0 Å². The summed E-state index contributed by atoms with van der Waals surface area (Å²) < 4.78 is 2.21. The molecule has 0 saturated heterocycles. The second-order valence-electron chi connectivity index (χ2n) is 10.6. The Balaban J connectivity index is 1.34. The van der Waals surface area contributed by atoms with E-state index in [2.05, 4.69) is 22.5 Å². The number of aromatic nitrogens is 2. The quantitative estimate of drug-likeness (QED) is 0.0581. The molecule has 0 spiro atoms. The van der Waals surface area contributed by atoms with E-state index in [0.29, 0.717) is 21.1 Å². The van der Waals surface area contributed by atoms with Crippen LogP contribution >= 0.6 is 23.2 Å². The zero-order valence-electron chi connectivity index (χ0n) is 24.0. The Kier molecular flexibility index (Phi) is 12.0. The Labute approximate surface area is 253 Å². The average Bonchev–Trinajstić information content (AvgIpc) is 2.96. The van der Waals surface area contributed by atoms with Gasteiger partial charge < -0.3 is 10.6 Å². The van der Waals surface area contributed by atoms with E-state index in [4.69, 9.17) is 23.2 Å². The zero-order chi connectivity index (χ0) is 29.0. The number of halogens is 2. The molecule has 4 rings (SSSR count). The molecule has 41 heavy (non-hydrogen) atoms. The summed E-state index contributed by atoms with van der Waals surface area (Å²) in [5.74, 6) is 0. The minimum absolute atomic E-state index is 0.588. The highest BCUT2D eigenvalue weighted by molar-refractivity contribution is 6.31. The lowest BCUT2D eigenvalue weighted by atomic mass is 10.1. The van der Waals surface area contributed by atoms with Gasteiger partial charge in [0.1, 0.15) is 0 Å². The van der Waals surface area contributed by atoms with E-state index in [1.165, 1.54) is 51.4 Å². The van der Waals surface area contributed by atoms with Crippen molar-refractivity contribution in [3.8, 4) is 0 Å². The molecule has 0 amide bonds. The molecule has 0 aliphatic heterocycles. The third kappa shape index (κ3) is 8.99. The summed E-state index contributed by atoms with van der Waals surface area (Å²) >= 11 is 12.3. The lowest BCUT2D eigenvalue weighted by molar-refractivity contribution is -0.884. The summed E-state index contributed by atoms with van der Waals surface area (Å²) in [4.78, 5) is 2.50. The van der Waals surface area contributed by atoms with Crippen molar-refractivity contribution in [1.29, 1.82) is 0 Å². The molecule has 0 atom stereocenters. The fraction of sp³-hybridized carbons (Fsp3) is 0.438. The predicted octanol–water partition coefficient (Wildman–Crippen LogP) is 7.32. The summed E-state index contributed by atoms with van der Waals surface area (Å²) in [7, 11) is 0. The van der Waals surface area contributed by atoms with E-state index >= 15 is 0 Å². The maximum atomic E-state index is 10.2. The molecular weight excluding hydrogens is 557 g/mol. The van der Waals surface area contributed by atoms with Crippen LogP contribution in [0.25, 0.3) is 21.8 Å². The molecular formula is C32H43Cl2N5O2+2. The Morgan fingerprint density at radius 2 is 1.10 bits per heavy atom. The van der Waals surface area contributed by atoms with Crippen LogP contribution in [0.15, 0.2) is 60.9 Å². The van der Waals surface area contributed by atoms with Crippen LogP contribution in [0.5, 0.6) is 0 Å². The average molecular weight is 601 g/mol. The Morgan fingerprint density at radius 3 is 1.59 bits per heavy atom. The summed E-state index contributed by atoms with van der Waals surface area (Å²) in [6, 6.07) is 14.9. The van der Waals surface area contributed by atoms with E-state index in [9.17, 15) is 10.4 Å². The lowest BCUT2D eigenvalue weighted by Crippen LogP contribution is -2.35. The number of anilines is 2. The molecule has 0 aliphatic carbocycles. The first-order chi connectivity index (χ1) is 20.0. The molecule has 0 radical (unpaired) electrons. The van der Waals surface area contributed by atoms with Crippen molar-refractivity contribution in [1.82, 2.24) is 4.90 Å². The van der Waals surface area contributed by atoms with Gasteiger partial charge in [-0.1, -0.05) is 75.1 Å². The highest BCUT2D eigenvalue weighted by Crippen LogP contribution is 2.24. The summed E-state index contributed by atoms with van der Waals surface area (Å²) in [6.45, 7) is 6.65. The first-order valence-electron chi connectivity index (χ1n) is 14.8. The molecule has 9 heteroatoms. The molecule has 4 aromatic rings. The second-order valence-corrected chi connectivity index (χ2v) is 11.5. The number of nitrogens with zero attached hydrogens (tertiary/aromatic N) is 3. The van der Waals surface area contributed by atoms with Gasteiger partial charge in [0.15, 0.2) is 0 Å². The number of nitrogens with one attached hydrogen (secondary N) is 2. The van der Waals surface area contributed by atoms with Crippen molar-refractivity contribution in [2.45, 2.75) is 58.3 Å². The molecule has 7 nitrogen and oxygen atoms in total. The van der Waals surface area contributed by atoms with Gasteiger partial charge in [-0.25, -0.2) is 0 Å². The number of pyridine rings is 2. The monoisotopic (exact) mass is 599 g/mol. The number of hydrogen-bond donors (Lipinski definition) is 4. The number of fused-ring (bicyclic) bond motifs is 2.